The Morgan fingerprint density at radius 1 is 1.54 bits per heavy atom. The molecule has 3 heteroatoms. The van der Waals surface area contributed by atoms with Crippen LogP contribution in [-0.4, -0.2) is 6.29 Å². The van der Waals surface area contributed by atoms with Crippen molar-refractivity contribution >= 4 is 17.9 Å². The molecule has 72 valence electrons. The van der Waals surface area contributed by atoms with E-state index >= 15 is 0 Å². The largest absolute Gasteiger partial charge is 0.456 e. The van der Waals surface area contributed by atoms with E-state index in [4.69, 9.17) is 16.0 Å². The van der Waals surface area contributed by atoms with Gasteiger partial charge in [-0.15, -0.1) is 0 Å². The monoisotopic (exact) mass is 200 g/mol. The second-order valence-corrected chi connectivity index (χ2v) is 3.40. The van der Waals surface area contributed by atoms with Crippen molar-refractivity contribution in [1.29, 1.82) is 0 Å². The third kappa shape index (κ3) is 2.13. The maximum atomic E-state index is 10.4. The zero-order chi connectivity index (χ0) is 9.84. The summed E-state index contributed by atoms with van der Waals surface area (Å²) in [6.07, 6.45) is 2.63. The van der Waals surface area contributed by atoms with Gasteiger partial charge in [-0.2, -0.15) is 0 Å². The number of halogens is 1. The quantitative estimate of drug-likeness (QED) is 0.695. The predicted octanol–water partition coefficient (Wildman–Crippen LogP) is 3.65. The highest BCUT2D eigenvalue weighted by molar-refractivity contribution is 6.31. The van der Waals surface area contributed by atoms with E-state index in [1.165, 1.54) is 0 Å². The summed E-state index contributed by atoms with van der Waals surface area (Å²) < 4.78 is 5.31. The predicted molar refractivity (Wildman–Crippen MR) is 52.4 cm³/mol. The maximum Gasteiger partial charge on any atom is 0.185 e. The van der Waals surface area contributed by atoms with E-state index in [1.54, 1.807) is 6.07 Å². The second kappa shape index (κ2) is 4.47. The molecule has 0 N–H and O–H groups in total. The fourth-order valence-corrected chi connectivity index (χ4v) is 1.70. The van der Waals surface area contributed by atoms with Crippen molar-refractivity contribution in [3.05, 3.63) is 22.6 Å². The summed E-state index contributed by atoms with van der Waals surface area (Å²) in [6, 6.07) is 1.57. The summed E-state index contributed by atoms with van der Waals surface area (Å²) in [5, 5.41) is 0.566. The molecule has 0 atom stereocenters. The molecule has 0 saturated carbocycles. The standard InChI is InChI=1S/C10H13ClO2/c1-3-7(4-2)10-9(11)5-8(6-12)13-10/h5-7H,3-4H2,1-2H3. The molecule has 0 radical (unpaired) electrons. The molecular weight excluding hydrogens is 188 g/mol. The SMILES string of the molecule is CCC(CC)c1oc(C=O)cc1Cl. The van der Waals surface area contributed by atoms with Crippen LogP contribution in [0.4, 0.5) is 0 Å². The van der Waals surface area contributed by atoms with Crippen LogP contribution >= 0.6 is 11.6 Å². The van der Waals surface area contributed by atoms with Crippen molar-refractivity contribution in [2.24, 2.45) is 0 Å². The van der Waals surface area contributed by atoms with Gasteiger partial charge in [0.2, 0.25) is 0 Å². The molecule has 0 unspecified atom stereocenters. The zero-order valence-electron chi connectivity index (χ0n) is 7.84. The third-order valence-electron chi connectivity index (χ3n) is 2.20. The fraction of sp³-hybridized carbons (Fsp3) is 0.500. The van der Waals surface area contributed by atoms with Crippen molar-refractivity contribution in [3.8, 4) is 0 Å². The van der Waals surface area contributed by atoms with Gasteiger partial charge < -0.3 is 4.42 Å². The van der Waals surface area contributed by atoms with Crippen LogP contribution in [0.25, 0.3) is 0 Å². The van der Waals surface area contributed by atoms with Crippen LogP contribution in [0.2, 0.25) is 5.02 Å². The van der Waals surface area contributed by atoms with Crippen LogP contribution in [0.3, 0.4) is 0 Å². The molecule has 0 aliphatic carbocycles. The van der Waals surface area contributed by atoms with Crippen molar-refractivity contribution in [1.82, 2.24) is 0 Å². The van der Waals surface area contributed by atoms with Crippen molar-refractivity contribution in [2.75, 3.05) is 0 Å². The van der Waals surface area contributed by atoms with Gasteiger partial charge in [0.1, 0.15) is 5.76 Å². The Balaban J connectivity index is 2.98. The molecule has 1 heterocycles. The molecular formula is C10H13ClO2. The van der Waals surface area contributed by atoms with E-state index in [2.05, 4.69) is 13.8 Å². The molecule has 0 amide bonds. The van der Waals surface area contributed by atoms with Gasteiger partial charge in [0.25, 0.3) is 0 Å². The van der Waals surface area contributed by atoms with E-state index in [-0.39, 0.29) is 0 Å². The topological polar surface area (TPSA) is 30.2 Å². The van der Waals surface area contributed by atoms with Crippen LogP contribution in [0, 0.1) is 0 Å². The van der Waals surface area contributed by atoms with E-state index in [0.29, 0.717) is 23.0 Å². The second-order valence-electron chi connectivity index (χ2n) is 2.99. The number of carbonyl (C=O) groups excluding carboxylic acids is 1. The molecule has 1 aromatic rings. The highest BCUT2D eigenvalue weighted by atomic mass is 35.5. The number of hydrogen-bond acceptors (Lipinski definition) is 2. The lowest BCUT2D eigenvalue weighted by atomic mass is 10.0. The Morgan fingerprint density at radius 2 is 2.15 bits per heavy atom. The Hall–Kier alpha value is -0.760. The third-order valence-corrected chi connectivity index (χ3v) is 2.50. The maximum absolute atomic E-state index is 10.4. The Labute approximate surface area is 82.9 Å². The number of furan rings is 1. The van der Waals surface area contributed by atoms with Gasteiger partial charge in [-0.25, -0.2) is 0 Å². The number of hydrogen-bond donors (Lipinski definition) is 0. The molecule has 0 saturated heterocycles. The lowest BCUT2D eigenvalue weighted by Gasteiger charge is -2.08. The Kier molecular flexibility index (Phi) is 3.55. The first-order valence-electron chi connectivity index (χ1n) is 4.47. The molecule has 0 aliphatic rings. The Bertz CT molecular complexity index is 287. The first kappa shape index (κ1) is 10.3. The van der Waals surface area contributed by atoms with Gasteiger partial charge in [-0.3, -0.25) is 4.79 Å². The molecule has 0 aliphatic heterocycles. The highest BCUT2D eigenvalue weighted by Crippen LogP contribution is 2.31. The zero-order valence-corrected chi connectivity index (χ0v) is 8.60. The average molecular weight is 201 g/mol. The summed E-state index contributed by atoms with van der Waals surface area (Å²) in [5.74, 6) is 1.38. The molecule has 0 fully saturated rings. The molecule has 13 heavy (non-hydrogen) atoms. The van der Waals surface area contributed by atoms with E-state index in [9.17, 15) is 4.79 Å². The first-order valence-corrected chi connectivity index (χ1v) is 4.85. The van der Waals surface area contributed by atoms with E-state index in [1.807, 2.05) is 0 Å². The fourth-order valence-electron chi connectivity index (χ4n) is 1.40. The lowest BCUT2D eigenvalue weighted by molar-refractivity contribution is 0.109. The molecule has 2 nitrogen and oxygen atoms in total. The van der Waals surface area contributed by atoms with Crippen LogP contribution in [0.1, 0.15) is 48.9 Å². The normalized spacial score (nSPS) is 10.8. The average Bonchev–Trinajstić information content (AvgIpc) is 2.50. The summed E-state index contributed by atoms with van der Waals surface area (Å²) in [6.45, 7) is 4.15. The van der Waals surface area contributed by atoms with Gasteiger partial charge in [0.05, 0.1) is 5.02 Å². The van der Waals surface area contributed by atoms with Gasteiger partial charge in [-0.1, -0.05) is 25.4 Å². The molecule has 1 aromatic heterocycles. The van der Waals surface area contributed by atoms with Crippen LogP contribution in [-0.2, 0) is 0 Å². The minimum atomic E-state index is 0.312. The molecule has 0 spiro atoms. The molecule has 0 bridgehead atoms. The van der Waals surface area contributed by atoms with Crippen LogP contribution < -0.4 is 0 Å². The number of rotatable bonds is 4. The van der Waals surface area contributed by atoms with Crippen molar-refractivity contribution in [3.63, 3.8) is 0 Å². The smallest absolute Gasteiger partial charge is 0.185 e. The van der Waals surface area contributed by atoms with Gasteiger partial charge >= 0.3 is 0 Å². The lowest BCUT2D eigenvalue weighted by Crippen LogP contribution is -1.93. The van der Waals surface area contributed by atoms with Crippen molar-refractivity contribution < 1.29 is 9.21 Å². The molecule has 0 aromatic carbocycles. The van der Waals surface area contributed by atoms with Gasteiger partial charge in [0, 0.05) is 12.0 Å². The Morgan fingerprint density at radius 3 is 2.54 bits per heavy atom. The van der Waals surface area contributed by atoms with Crippen molar-refractivity contribution in [2.45, 2.75) is 32.6 Å². The highest BCUT2D eigenvalue weighted by Gasteiger charge is 2.16. The minimum Gasteiger partial charge on any atom is -0.456 e. The van der Waals surface area contributed by atoms with Gasteiger partial charge in [-0.05, 0) is 12.8 Å². The minimum absolute atomic E-state index is 0.312. The number of carbonyl (C=O) groups is 1. The van der Waals surface area contributed by atoms with Crippen LogP contribution in [0.5, 0.6) is 0 Å². The molecule has 1 rings (SSSR count). The first-order chi connectivity index (χ1) is 6.22. The van der Waals surface area contributed by atoms with Gasteiger partial charge in [0.15, 0.2) is 12.0 Å². The number of aldehydes is 1. The van der Waals surface area contributed by atoms with E-state index in [0.717, 1.165) is 18.6 Å². The summed E-state index contributed by atoms with van der Waals surface area (Å²) in [4.78, 5) is 10.4. The summed E-state index contributed by atoms with van der Waals surface area (Å²) in [7, 11) is 0. The summed E-state index contributed by atoms with van der Waals surface area (Å²) in [5.41, 5.74) is 0. The summed E-state index contributed by atoms with van der Waals surface area (Å²) >= 11 is 5.92. The van der Waals surface area contributed by atoms with Crippen LogP contribution in [0.15, 0.2) is 10.5 Å². The van der Waals surface area contributed by atoms with E-state index < -0.39 is 0 Å².